The number of carbonyl (C=O) groups excluding carboxylic acids is 2. The molecule has 0 unspecified atom stereocenters. The highest BCUT2D eigenvalue weighted by Crippen LogP contribution is 2.27. The van der Waals surface area contributed by atoms with Gasteiger partial charge in [-0.15, -0.1) is 0 Å². The van der Waals surface area contributed by atoms with E-state index in [9.17, 15) is 9.59 Å². The molecule has 0 saturated heterocycles. The molecule has 2 aromatic rings. The molecule has 7 heteroatoms. The van der Waals surface area contributed by atoms with Crippen molar-refractivity contribution in [3.8, 4) is 5.75 Å². The van der Waals surface area contributed by atoms with Gasteiger partial charge >= 0.3 is 12.0 Å². The number of hydrogen-bond acceptors (Lipinski definition) is 4. The van der Waals surface area contributed by atoms with E-state index in [1.54, 1.807) is 42.5 Å². The average Bonchev–Trinajstić information content (AvgIpc) is 2.55. The Morgan fingerprint density at radius 2 is 1.57 bits per heavy atom. The lowest BCUT2D eigenvalue weighted by molar-refractivity contribution is 0.0601. The van der Waals surface area contributed by atoms with Crippen LogP contribution in [0.25, 0.3) is 0 Å². The summed E-state index contributed by atoms with van der Waals surface area (Å²) in [4.78, 5) is 23.3. The predicted molar refractivity (Wildman–Crippen MR) is 88.4 cm³/mol. The molecule has 0 bridgehead atoms. The van der Waals surface area contributed by atoms with E-state index in [0.29, 0.717) is 27.7 Å². The lowest BCUT2D eigenvalue weighted by Gasteiger charge is -2.09. The summed E-state index contributed by atoms with van der Waals surface area (Å²) in [7, 11) is 2.82. The maximum atomic E-state index is 11.9. The van der Waals surface area contributed by atoms with Crippen molar-refractivity contribution >= 4 is 35.0 Å². The minimum Gasteiger partial charge on any atom is -0.495 e. The van der Waals surface area contributed by atoms with Crippen LogP contribution in [0.2, 0.25) is 5.02 Å². The van der Waals surface area contributed by atoms with Gasteiger partial charge in [-0.25, -0.2) is 9.59 Å². The fraction of sp³-hybridized carbons (Fsp3) is 0.125. The Morgan fingerprint density at radius 1 is 0.957 bits per heavy atom. The summed E-state index contributed by atoms with van der Waals surface area (Å²) in [5, 5.41) is 5.69. The molecule has 0 aliphatic carbocycles. The smallest absolute Gasteiger partial charge is 0.337 e. The molecule has 0 aromatic heterocycles. The van der Waals surface area contributed by atoms with Crippen LogP contribution in [0.15, 0.2) is 42.5 Å². The van der Waals surface area contributed by atoms with Gasteiger partial charge in [-0.05, 0) is 42.5 Å². The molecule has 0 atom stereocenters. The Bertz CT molecular complexity index is 717. The molecular formula is C16H15ClN2O4. The number of ether oxygens (including phenoxy) is 2. The van der Waals surface area contributed by atoms with Crippen LogP contribution in [0, 0.1) is 0 Å². The van der Waals surface area contributed by atoms with E-state index in [4.69, 9.17) is 16.3 Å². The number of hydrogen-bond donors (Lipinski definition) is 2. The first-order chi connectivity index (χ1) is 11.0. The molecule has 0 aliphatic heterocycles. The summed E-state index contributed by atoms with van der Waals surface area (Å²) in [5.41, 5.74) is 1.47. The van der Waals surface area contributed by atoms with Crippen LogP contribution in [0.5, 0.6) is 5.75 Å². The van der Waals surface area contributed by atoms with Gasteiger partial charge in [-0.1, -0.05) is 11.6 Å². The summed E-state index contributed by atoms with van der Waals surface area (Å²) in [6, 6.07) is 10.8. The first-order valence-electron chi connectivity index (χ1n) is 6.63. The van der Waals surface area contributed by atoms with E-state index >= 15 is 0 Å². The normalized spacial score (nSPS) is 9.87. The molecule has 0 spiro atoms. The molecule has 2 amide bonds. The zero-order valence-electron chi connectivity index (χ0n) is 12.6. The molecule has 0 radical (unpaired) electrons. The number of nitrogens with one attached hydrogen (secondary N) is 2. The maximum absolute atomic E-state index is 11.9. The minimum absolute atomic E-state index is 0.396. The Morgan fingerprint density at radius 3 is 2.13 bits per heavy atom. The van der Waals surface area contributed by atoms with Gasteiger partial charge in [-0.2, -0.15) is 0 Å². The van der Waals surface area contributed by atoms with Gasteiger partial charge in [0.1, 0.15) is 5.75 Å². The number of amides is 2. The molecule has 0 heterocycles. The second-order valence-electron chi connectivity index (χ2n) is 4.50. The standard InChI is InChI=1S/C16H15ClN2O4/c1-22-14-8-7-12(9-13(14)17)19-16(21)18-11-5-3-10(4-6-11)15(20)23-2/h3-9H,1-2H3,(H2,18,19,21). The number of halogens is 1. The van der Waals surface area contributed by atoms with Crippen molar-refractivity contribution in [2.45, 2.75) is 0 Å². The average molecular weight is 335 g/mol. The van der Waals surface area contributed by atoms with Crippen molar-refractivity contribution in [2.75, 3.05) is 24.9 Å². The van der Waals surface area contributed by atoms with Crippen LogP contribution < -0.4 is 15.4 Å². The minimum atomic E-state index is -0.436. The number of methoxy groups -OCH3 is 2. The SMILES string of the molecule is COC(=O)c1ccc(NC(=O)Nc2ccc(OC)c(Cl)c2)cc1. The van der Waals surface area contributed by atoms with Crippen molar-refractivity contribution in [3.63, 3.8) is 0 Å². The zero-order valence-corrected chi connectivity index (χ0v) is 13.3. The number of anilines is 2. The predicted octanol–water partition coefficient (Wildman–Crippen LogP) is 3.78. The van der Waals surface area contributed by atoms with Crippen LogP contribution in [0.1, 0.15) is 10.4 Å². The molecule has 0 aliphatic rings. The molecule has 2 rings (SSSR count). The van der Waals surface area contributed by atoms with Crippen LogP contribution in [0.3, 0.4) is 0 Å². The number of benzene rings is 2. The second-order valence-corrected chi connectivity index (χ2v) is 4.90. The molecule has 120 valence electrons. The van der Waals surface area contributed by atoms with Crippen molar-refractivity contribution in [2.24, 2.45) is 0 Å². The number of urea groups is 1. The zero-order chi connectivity index (χ0) is 16.8. The molecule has 0 saturated carbocycles. The van der Waals surface area contributed by atoms with E-state index in [1.807, 2.05) is 0 Å². The molecule has 6 nitrogen and oxygen atoms in total. The number of rotatable bonds is 4. The second kappa shape index (κ2) is 7.51. The quantitative estimate of drug-likeness (QED) is 0.834. The highest BCUT2D eigenvalue weighted by Gasteiger charge is 2.08. The highest BCUT2D eigenvalue weighted by molar-refractivity contribution is 6.32. The molecule has 2 aromatic carbocycles. The van der Waals surface area contributed by atoms with Gasteiger partial charge in [0.25, 0.3) is 0 Å². The third kappa shape index (κ3) is 4.37. The van der Waals surface area contributed by atoms with Gasteiger partial charge < -0.3 is 20.1 Å². The van der Waals surface area contributed by atoms with E-state index in [-0.39, 0.29) is 0 Å². The van der Waals surface area contributed by atoms with Crippen LogP contribution >= 0.6 is 11.6 Å². The third-order valence-corrected chi connectivity index (χ3v) is 3.27. The Labute approximate surface area is 138 Å². The van der Waals surface area contributed by atoms with Crippen molar-refractivity contribution in [3.05, 3.63) is 53.1 Å². The van der Waals surface area contributed by atoms with E-state index in [0.717, 1.165) is 0 Å². The van der Waals surface area contributed by atoms with E-state index < -0.39 is 12.0 Å². The van der Waals surface area contributed by atoms with E-state index in [1.165, 1.54) is 14.2 Å². The lowest BCUT2D eigenvalue weighted by Crippen LogP contribution is -2.19. The number of esters is 1. The van der Waals surface area contributed by atoms with Gasteiger partial charge in [0.2, 0.25) is 0 Å². The van der Waals surface area contributed by atoms with Gasteiger partial charge in [-0.3, -0.25) is 0 Å². The van der Waals surface area contributed by atoms with Gasteiger partial charge in [0.05, 0.1) is 24.8 Å². The summed E-state index contributed by atoms with van der Waals surface area (Å²) < 4.78 is 9.65. The Balaban J connectivity index is 1.99. The first-order valence-corrected chi connectivity index (χ1v) is 7.01. The Kier molecular flexibility index (Phi) is 5.43. The van der Waals surface area contributed by atoms with Crippen molar-refractivity contribution in [1.29, 1.82) is 0 Å². The van der Waals surface area contributed by atoms with Crippen molar-refractivity contribution in [1.82, 2.24) is 0 Å². The monoisotopic (exact) mass is 334 g/mol. The summed E-state index contributed by atoms with van der Waals surface area (Å²) in [5.74, 6) is 0.0879. The van der Waals surface area contributed by atoms with Crippen LogP contribution in [-0.4, -0.2) is 26.2 Å². The highest BCUT2D eigenvalue weighted by atomic mass is 35.5. The number of carbonyl (C=O) groups is 2. The molecule has 23 heavy (non-hydrogen) atoms. The third-order valence-electron chi connectivity index (χ3n) is 2.97. The van der Waals surface area contributed by atoms with Gasteiger partial charge in [0.15, 0.2) is 0 Å². The Hall–Kier alpha value is -2.73. The van der Waals surface area contributed by atoms with Crippen LogP contribution in [-0.2, 0) is 4.74 Å². The fourth-order valence-corrected chi connectivity index (χ4v) is 2.10. The fourth-order valence-electron chi connectivity index (χ4n) is 1.85. The summed E-state index contributed by atoms with van der Waals surface area (Å²) in [6.45, 7) is 0. The molecular weight excluding hydrogens is 320 g/mol. The topological polar surface area (TPSA) is 76.7 Å². The largest absolute Gasteiger partial charge is 0.495 e. The van der Waals surface area contributed by atoms with Gasteiger partial charge in [0, 0.05) is 11.4 Å². The van der Waals surface area contributed by atoms with Crippen LogP contribution in [0.4, 0.5) is 16.2 Å². The first kappa shape index (κ1) is 16.6. The maximum Gasteiger partial charge on any atom is 0.337 e. The van der Waals surface area contributed by atoms with Crippen molar-refractivity contribution < 1.29 is 19.1 Å². The van der Waals surface area contributed by atoms with E-state index in [2.05, 4.69) is 15.4 Å². The molecule has 2 N–H and O–H groups in total. The summed E-state index contributed by atoms with van der Waals surface area (Å²) >= 11 is 5.99. The summed E-state index contributed by atoms with van der Waals surface area (Å²) in [6.07, 6.45) is 0. The lowest BCUT2D eigenvalue weighted by atomic mass is 10.2. The molecule has 0 fully saturated rings.